The van der Waals surface area contributed by atoms with E-state index in [1.165, 1.54) is 4.90 Å². The van der Waals surface area contributed by atoms with Crippen LogP contribution in [-0.2, 0) is 16.1 Å². The van der Waals surface area contributed by atoms with E-state index in [-0.39, 0.29) is 37.1 Å². The molecule has 1 aliphatic heterocycles. The van der Waals surface area contributed by atoms with Crippen LogP contribution in [0.1, 0.15) is 34.3 Å². The van der Waals surface area contributed by atoms with E-state index >= 15 is 0 Å². The van der Waals surface area contributed by atoms with Crippen LogP contribution in [0.2, 0.25) is 0 Å². The zero-order chi connectivity index (χ0) is 18.7. The Bertz CT molecular complexity index is 843. The highest BCUT2D eigenvalue weighted by Crippen LogP contribution is 2.26. The fourth-order valence-corrected chi connectivity index (χ4v) is 2.86. The van der Waals surface area contributed by atoms with Gasteiger partial charge in [-0.25, -0.2) is 0 Å². The summed E-state index contributed by atoms with van der Waals surface area (Å²) in [6.07, 6.45) is 0.551. The Balaban J connectivity index is 1.70. The van der Waals surface area contributed by atoms with Crippen LogP contribution in [0.25, 0.3) is 0 Å². The maximum absolute atomic E-state index is 12.5. The SMILES string of the molecule is COc1ccc(C)cc1NC(=O)c1ccc(CN2C(=O)CCC2=O)cc1. The fourth-order valence-electron chi connectivity index (χ4n) is 2.86. The summed E-state index contributed by atoms with van der Waals surface area (Å²) in [5, 5.41) is 2.84. The van der Waals surface area contributed by atoms with Gasteiger partial charge in [0.15, 0.2) is 0 Å². The molecule has 0 spiro atoms. The van der Waals surface area contributed by atoms with Crippen molar-refractivity contribution >= 4 is 23.4 Å². The van der Waals surface area contributed by atoms with E-state index in [1.807, 2.05) is 19.1 Å². The average molecular weight is 352 g/mol. The van der Waals surface area contributed by atoms with Gasteiger partial charge in [-0.3, -0.25) is 19.3 Å². The van der Waals surface area contributed by atoms with E-state index in [4.69, 9.17) is 4.74 Å². The molecule has 134 valence electrons. The van der Waals surface area contributed by atoms with Gasteiger partial charge in [-0.05, 0) is 42.3 Å². The molecule has 1 N–H and O–H groups in total. The van der Waals surface area contributed by atoms with E-state index in [1.54, 1.807) is 37.4 Å². The monoisotopic (exact) mass is 352 g/mol. The molecule has 6 heteroatoms. The van der Waals surface area contributed by atoms with E-state index in [0.29, 0.717) is 17.0 Å². The largest absolute Gasteiger partial charge is 0.495 e. The number of carbonyl (C=O) groups excluding carboxylic acids is 3. The standard InChI is InChI=1S/C20H20N2O4/c1-13-3-8-17(26-2)16(11-13)21-20(25)15-6-4-14(5-7-15)12-22-18(23)9-10-19(22)24/h3-8,11H,9-10,12H2,1-2H3,(H,21,25). The summed E-state index contributed by atoms with van der Waals surface area (Å²) in [7, 11) is 1.55. The van der Waals surface area contributed by atoms with Crippen molar-refractivity contribution in [1.29, 1.82) is 0 Å². The fraction of sp³-hybridized carbons (Fsp3) is 0.250. The van der Waals surface area contributed by atoms with Gasteiger partial charge >= 0.3 is 0 Å². The summed E-state index contributed by atoms with van der Waals surface area (Å²) < 4.78 is 5.27. The van der Waals surface area contributed by atoms with E-state index in [9.17, 15) is 14.4 Å². The molecule has 2 aromatic rings. The Kier molecular flexibility index (Phi) is 5.02. The van der Waals surface area contributed by atoms with Gasteiger partial charge in [-0.15, -0.1) is 0 Å². The second kappa shape index (κ2) is 7.39. The van der Waals surface area contributed by atoms with E-state index in [0.717, 1.165) is 11.1 Å². The first kappa shape index (κ1) is 17.7. The minimum absolute atomic E-state index is 0.150. The number of hydrogen-bond donors (Lipinski definition) is 1. The van der Waals surface area contributed by atoms with Crippen molar-refractivity contribution in [2.45, 2.75) is 26.3 Å². The number of likely N-dealkylation sites (tertiary alicyclic amines) is 1. The van der Waals surface area contributed by atoms with Gasteiger partial charge in [-0.2, -0.15) is 0 Å². The third-order valence-corrected chi connectivity index (χ3v) is 4.31. The highest BCUT2D eigenvalue weighted by molar-refractivity contribution is 6.05. The minimum Gasteiger partial charge on any atom is -0.495 e. The van der Waals surface area contributed by atoms with Crippen molar-refractivity contribution in [2.75, 3.05) is 12.4 Å². The lowest BCUT2D eigenvalue weighted by molar-refractivity contribution is -0.139. The molecule has 0 aliphatic carbocycles. The molecule has 0 saturated carbocycles. The number of methoxy groups -OCH3 is 1. The topological polar surface area (TPSA) is 75.7 Å². The number of aryl methyl sites for hydroxylation is 1. The zero-order valence-electron chi connectivity index (χ0n) is 14.7. The number of imide groups is 1. The Morgan fingerprint density at radius 1 is 1.08 bits per heavy atom. The van der Waals surface area contributed by atoms with Gasteiger partial charge in [0.2, 0.25) is 11.8 Å². The summed E-state index contributed by atoms with van der Waals surface area (Å²) in [4.78, 5) is 37.1. The lowest BCUT2D eigenvalue weighted by Crippen LogP contribution is -2.28. The minimum atomic E-state index is -0.256. The molecule has 0 aromatic heterocycles. The predicted molar refractivity (Wildman–Crippen MR) is 96.9 cm³/mol. The van der Waals surface area contributed by atoms with Crippen LogP contribution in [0.15, 0.2) is 42.5 Å². The Labute approximate surface area is 151 Å². The number of nitrogens with one attached hydrogen (secondary N) is 1. The smallest absolute Gasteiger partial charge is 0.255 e. The number of nitrogens with zero attached hydrogens (tertiary/aromatic N) is 1. The van der Waals surface area contributed by atoms with E-state index in [2.05, 4.69) is 5.32 Å². The lowest BCUT2D eigenvalue weighted by Gasteiger charge is -2.14. The van der Waals surface area contributed by atoms with Gasteiger partial charge in [0.05, 0.1) is 19.3 Å². The highest BCUT2D eigenvalue weighted by atomic mass is 16.5. The predicted octanol–water partition coefficient (Wildman–Crippen LogP) is 2.90. The van der Waals surface area contributed by atoms with Gasteiger partial charge in [-0.1, -0.05) is 18.2 Å². The Hall–Kier alpha value is -3.15. The normalized spacial score (nSPS) is 13.8. The number of anilines is 1. The van der Waals surface area contributed by atoms with Crippen molar-refractivity contribution in [3.8, 4) is 5.75 Å². The van der Waals surface area contributed by atoms with Crippen LogP contribution in [0.4, 0.5) is 5.69 Å². The third-order valence-electron chi connectivity index (χ3n) is 4.31. The lowest BCUT2D eigenvalue weighted by atomic mass is 10.1. The Morgan fingerprint density at radius 2 is 1.73 bits per heavy atom. The summed E-state index contributed by atoms with van der Waals surface area (Å²) in [5.41, 5.74) is 2.90. The number of amides is 3. The molecule has 0 atom stereocenters. The summed E-state index contributed by atoms with van der Waals surface area (Å²) >= 11 is 0. The molecule has 0 bridgehead atoms. The van der Waals surface area contributed by atoms with Crippen LogP contribution in [0, 0.1) is 6.92 Å². The van der Waals surface area contributed by atoms with Crippen LogP contribution in [0.5, 0.6) is 5.75 Å². The van der Waals surface area contributed by atoms with Crippen molar-refractivity contribution < 1.29 is 19.1 Å². The van der Waals surface area contributed by atoms with E-state index < -0.39 is 0 Å². The van der Waals surface area contributed by atoms with Gasteiger partial charge in [0, 0.05) is 18.4 Å². The first-order valence-corrected chi connectivity index (χ1v) is 8.36. The molecule has 2 aromatic carbocycles. The second-order valence-corrected chi connectivity index (χ2v) is 6.23. The van der Waals surface area contributed by atoms with Gasteiger partial charge in [0.25, 0.3) is 5.91 Å². The van der Waals surface area contributed by atoms with Crippen molar-refractivity contribution in [2.24, 2.45) is 0 Å². The number of ether oxygens (including phenoxy) is 1. The first-order chi connectivity index (χ1) is 12.5. The van der Waals surface area contributed by atoms with Crippen molar-refractivity contribution in [3.05, 3.63) is 59.2 Å². The summed E-state index contributed by atoms with van der Waals surface area (Å²) in [5.74, 6) is 0.0344. The molecular formula is C20H20N2O4. The molecule has 1 saturated heterocycles. The molecule has 0 radical (unpaired) electrons. The highest BCUT2D eigenvalue weighted by Gasteiger charge is 2.28. The molecule has 1 heterocycles. The zero-order valence-corrected chi connectivity index (χ0v) is 14.7. The number of rotatable bonds is 5. The van der Waals surface area contributed by atoms with Crippen molar-refractivity contribution in [3.63, 3.8) is 0 Å². The number of carbonyl (C=O) groups is 3. The van der Waals surface area contributed by atoms with Crippen LogP contribution in [-0.4, -0.2) is 29.7 Å². The Morgan fingerprint density at radius 3 is 2.35 bits per heavy atom. The second-order valence-electron chi connectivity index (χ2n) is 6.23. The van der Waals surface area contributed by atoms with Crippen LogP contribution >= 0.6 is 0 Å². The van der Waals surface area contributed by atoms with Gasteiger partial charge < -0.3 is 10.1 Å². The molecular weight excluding hydrogens is 332 g/mol. The van der Waals surface area contributed by atoms with Crippen LogP contribution in [0.3, 0.4) is 0 Å². The van der Waals surface area contributed by atoms with Crippen LogP contribution < -0.4 is 10.1 Å². The maximum Gasteiger partial charge on any atom is 0.255 e. The third kappa shape index (κ3) is 3.74. The number of benzene rings is 2. The van der Waals surface area contributed by atoms with Gasteiger partial charge in [0.1, 0.15) is 5.75 Å². The molecule has 6 nitrogen and oxygen atoms in total. The quantitative estimate of drug-likeness (QED) is 0.840. The summed E-state index contributed by atoms with van der Waals surface area (Å²) in [6.45, 7) is 2.18. The molecule has 1 aliphatic rings. The molecule has 3 amide bonds. The average Bonchev–Trinajstić information content (AvgIpc) is 2.94. The summed E-state index contributed by atoms with van der Waals surface area (Å²) in [6, 6.07) is 12.4. The van der Waals surface area contributed by atoms with Crippen molar-refractivity contribution in [1.82, 2.24) is 4.90 Å². The molecule has 1 fully saturated rings. The molecule has 0 unspecified atom stereocenters. The maximum atomic E-state index is 12.5. The first-order valence-electron chi connectivity index (χ1n) is 8.36. The molecule has 26 heavy (non-hydrogen) atoms. The molecule has 3 rings (SSSR count). The number of hydrogen-bond acceptors (Lipinski definition) is 4.